The van der Waals surface area contributed by atoms with Gasteiger partial charge in [0.1, 0.15) is 6.04 Å². The van der Waals surface area contributed by atoms with Gasteiger partial charge in [-0.2, -0.15) is 0 Å². The SMILES string of the molecule is COC(=O)C1NCCN2C(=O)N(C(C)(C)C)CC=C12. The summed E-state index contributed by atoms with van der Waals surface area (Å²) in [4.78, 5) is 27.7. The van der Waals surface area contributed by atoms with Crippen molar-refractivity contribution in [3.05, 3.63) is 11.8 Å². The van der Waals surface area contributed by atoms with Crippen LogP contribution in [-0.2, 0) is 9.53 Å². The van der Waals surface area contributed by atoms with Crippen LogP contribution in [0.1, 0.15) is 20.8 Å². The highest BCUT2D eigenvalue weighted by atomic mass is 16.5. The number of hydrogen-bond donors (Lipinski definition) is 1. The summed E-state index contributed by atoms with van der Waals surface area (Å²) in [5.41, 5.74) is 0.480. The fourth-order valence-corrected chi connectivity index (χ4v) is 2.44. The number of hydrogen-bond acceptors (Lipinski definition) is 4. The Labute approximate surface area is 113 Å². The molecule has 1 unspecified atom stereocenters. The second kappa shape index (κ2) is 4.85. The van der Waals surface area contributed by atoms with Gasteiger partial charge in [-0.05, 0) is 26.8 Å². The molecule has 1 atom stereocenters. The largest absolute Gasteiger partial charge is 0.468 e. The maximum atomic E-state index is 12.5. The molecular formula is C13H21N3O3. The number of methoxy groups -OCH3 is 1. The predicted molar refractivity (Wildman–Crippen MR) is 70.5 cm³/mol. The fourth-order valence-electron chi connectivity index (χ4n) is 2.44. The van der Waals surface area contributed by atoms with Gasteiger partial charge < -0.3 is 9.64 Å². The van der Waals surface area contributed by atoms with E-state index in [1.807, 2.05) is 26.8 Å². The summed E-state index contributed by atoms with van der Waals surface area (Å²) >= 11 is 0. The van der Waals surface area contributed by atoms with E-state index in [2.05, 4.69) is 5.32 Å². The molecule has 6 nitrogen and oxygen atoms in total. The summed E-state index contributed by atoms with van der Waals surface area (Å²) in [5, 5.41) is 3.09. The zero-order valence-corrected chi connectivity index (χ0v) is 11.9. The monoisotopic (exact) mass is 267 g/mol. The third kappa shape index (κ3) is 2.45. The van der Waals surface area contributed by atoms with Crippen LogP contribution in [0.25, 0.3) is 0 Å². The zero-order valence-electron chi connectivity index (χ0n) is 11.9. The number of urea groups is 1. The van der Waals surface area contributed by atoms with E-state index in [9.17, 15) is 9.59 Å². The van der Waals surface area contributed by atoms with Gasteiger partial charge in [-0.3, -0.25) is 10.2 Å². The Morgan fingerprint density at radius 3 is 2.74 bits per heavy atom. The van der Waals surface area contributed by atoms with Crippen molar-refractivity contribution < 1.29 is 14.3 Å². The van der Waals surface area contributed by atoms with Crippen molar-refractivity contribution in [3.63, 3.8) is 0 Å². The van der Waals surface area contributed by atoms with Crippen molar-refractivity contribution in [3.8, 4) is 0 Å². The molecule has 0 spiro atoms. The molecule has 0 radical (unpaired) electrons. The lowest BCUT2D eigenvalue weighted by Gasteiger charge is -2.45. The fraction of sp³-hybridized carbons (Fsp3) is 0.692. The van der Waals surface area contributed by atoms with E-state index in [0.717, 1.165) is 0 Å². The molecule has 0 aromatic carbocycles. The van der Waals surface area contributed by atoms with Gasteiger partial charge in [0.2, 0.25) is 0 Å². The van der Waals surface area contributed by atoms with Crippen LogP contribution in [0.3, 0.4) is 0 Å². The molecule has 0 saturated carbocycles. The van der Waals surface area contributed by atoms with E-state index < -0.39 is 6.04 Å². The molecule has 6 heteroatoms. The average molecular weight is 267 g/mol. The first kappa shape index (κ1) is 13.9. The van der Waals surface area contributed by atoms with Gasteiger partial charge in [-0.25, -0.2) is 9.59 Å². The number of ether oxygens (including phenoxy) is 1. The second-order valence-corrected chi connectivity index (χ2v) is 5.75. The molecule has 0 aromatic rings. The van der Waals surface area contributed by atoms with Crippen molar-refractivity contribution in [2.24, 2.45) is 0 Å². The molecule has 0 aliphatic carbocycles. The van der Waals surface area contributed by atoms with Gasteiger partial charge >= 0.3 is 12.0 Å². The lowest BCUT2D eigenvalue weighted by Crippen LogP contribution is -2.61. The minimum atomic E-state index is -0.537. The molecule has 2 heterocycles. The number of carbonyl (C=O) groups is 2. The lowest BCUT2D eigenvalue weighted by atomic mass is 10.0. The van der Waals surface area contributed by atoms with Crippen molar-refractivity contribution in [1.29, 1.82) is 0 Å². The first-order valence-electron chi connectivity index (χ1n) is 6.46. The Kier molecular flexibility index (Phi) is 3.54. The molecule has 106 valence electrons. The second-order valence-electron chi connectivity index (χ2n) is 5.75. The topological polar surface area (TPSA) is 61.9 Å². The molecule has 2 aliphatic heterocycles. The first-order chi connectivity index (χ1) is 8.86. The van der Waals surface area contributed by atoms with E-state index in [1.54, 1.807) is 9.80 Å². The van der Waals surface area contributed by atoms with Crippen LogP contribution in [0.4, 0.5) is 4.79 Å². The summed E-state index contributed by atoms with van der Waals surface area (Å²) in [6, 6.07) is -0.578. The molecule has 19 heavy (non-hydrogen) atoms. The zero-order chi connectivity index (χ0) is 14.2. The highest BCUT2D eigenvalue weighted by Gasteiger charge is 2.40. The van der Waals surface area contributed by atoms with Crippen molar-refractivity contribution >= 4 is 12.0 Å². The number of carbonyl (C=O) groups excluding carboxylic acids is 2. The minimum absolute atomic E-state index is 0.0413. The van der Waals surface area contributed by atoms with Gasteiger partial charge in [0.05, 0.1) is 7.11 Å². The molecule has 1 saturated heterocycles. The van der Waals surface area contributed by atoms with Crippen LogP contribution < -0.4 is 5.32 Å². The van der Waals surface area contributed by atoms with Crippen LogP contribution in [0.2, 0.25) is 0 Å². The summed E-state index contributed by atoms with van der Waals surface area (Å²) in [6.07, 6.45) is 1.93. The summed E-state index contributed by atoms with van der Waals surface area (Å²) in [6.45, 7) is 7.69. The standard InChI is InChI=1S/C13H21N3O3/c1-13(2,3)16-7-5-9-10(11(17)19-4)14-6-8-15(9)12(16)18/h5,10,14H,6-8H2,1-4H3. The molecule has 1 fully saturated rings. The number of rotatable bonds is 1. The van der Waals surface area contributed by atoms with Crippen molar-refractivity contribution in [2.75, 3.05) is 26.7 Å². The van der Waals surface area contributed by atoms with E-state index >= 15 is 0 Å². The van der Waals surface area contributed by atoms with Gasteiger partial charge in [0.15, 0.2) is 0 Å². The normalized spacial score (nSPS) is 23.9. The van der Waals surface area contributed by atoms with Crippen LogP contribution in [0.5, 0.6) is 0 Å². The Hall–Kier alpha value is -1.56. The Morgan fingerprint density at radius 1 is 1.47 bits per heavy atom. The van der Waals surface area contributed by atoms with E-state index in [4.69, 9.17) is 4.74 Å². The Morgan fingerprint density at radius 2 is 2.16 bits per heavy atom. The lowest BCUT2D eigenvalue weighted by molar-refractivity contribution is -0.142. The third-order valence-electron chi connectivity index (χ3n) is 3.48. The number of amides is 2. The molecule has 1 N–H and O–H groups in total. The van der Waals surface area contributed by atoms with Crippen LogP contribution >= 0.6 is 0 Å². The molecular weight excluding hydrogens is 246 g/mol. The van der Waals surface area contributed by atoms with Crippen LogP contribution in [-0.4, -0.2) is 60.1 Å². The third-order valence-corrected chi connectivity index (χ3v) is 3.48. The Balaban J connectivity index is 2.28. The van der Waals surface area contributed by atoms with Crippen LogP contribution in [0, 0.1) is 0 Å². The van der Waals surface area contributed by atoms with Gasteiger partial charge in [-0.1, -0.05) is 0 Å². The van der Waals surface area contributed by atoms with Gasteiger partial charge in [0.25, 0.3) is 0 Å². The molecule has 0 aromatic heterocycles. The van der Waals surface area contributed by atoms with E-state index in [-0.39, 0.29) is 17.5 Å². The number of esters is 1. The number of nitrogens with zero attached hydrogens (tertiary/aromatic N) is 2. The number of nitrogens with one attached hydrogen (secondary N) is 1. The maximum Gasteiger partial charge on any atom is 0.329 e. The molecule has 2 rings (SSSR count). The summed E-state index contributed by atoms with van der Waals surface area (Å²) in [5.74, 6) is -0.354. The van der Waals surface area contributed by atoms with Gasteiger partial charge in [0, 0.05) is 30.9 Å². The molecule has 2 aliphatic rings. The number of piperazine rings is 1. The smallest absolute Gasteiger partial charge is 0.329 e. The summed E-state index contributed by atoms with van der Waals surface area (Å²) < 4.78 is 4.77. The minimum Gasteiger partial charge on any atom is -0.468 e. The Bertz CT molecular complexity index is 425. The predicted octanol–water partition coefficient (Wildman–Crippen LogP) is 0.551. The van der Waals surface area contributed by atoms with Crippen molar-refractivity contribution in [2.45, 2.75) is 32.4 Å². The highest BCUT2D eigenvalue weighted by Crippen LogP contribution is 2.26. The first-order valence-corrected chi connectivity index (χ1v) is 6.46. The van der Waals surface area contributed by atoms with E-state index in [1.165, 1.54) is 7.11 Å². The summed E-state index contributed by atoms with van der Waals surface area (Å²) in [7, 11) is 1.36. The van der Waals surface area contributed by atoms with E-state index in [0.29, 0.717) is 25.3 Å². The number of fused-ring (bicyclic) bond motifs is 1. The quantitative estimate of drug-likeness (QED) is 0.705. The molecule has 0 bridgehead atoms. The molecule has 2 amide bonds. The highest BCUT2D eigenvalue weighted by molar-refractivity contribution is 5.85. The average Bonchev–Trinajstić information content (AvgIpc) is 2.36. The van der Waals surface area contributed by atoms with Crippen molar-refractivity contribution in [1.82, 2.24) is 15.1 Å². The van der Waals surface area contributed by atoms with Crippen LogP contribution in [0.15, 0.2) is 11.8 Å². The maximum absolute atomic E-state index is 12.5. The van der Waals surface area contributed by atoms with Gasteiger partial charge in [-0.15, -0.1) is 0 Å².